The summed E-state index contributed by atoms with van der Waals surface area (Å²) in [5.41, 5.74) is 5.73. The van der Waals surface area contributed by atoms with Gasteiger partial charge < -0.3 is 31.9 Å². The average Bonchev–Trinajstić information content (AvgIpc) is 2.66. The van der Waals surface area contributed by atoms with Crippen molar-refractivity contribution in [1.82, 2.24) is 16.0 Å². The number of amides is 3. The molecule has 0 saturated heterocycles. The first kappa shape index (κ1) is 27.5. The van der Waals surface area contributed by atoms with Gasteiger partial charge in [0.15, 0.2) is 0 Å². The van der Waals surface area contributed by atoms with Gasteiger partial charge in [-0.3, -0.25) is 14.4 Å². The van der Waals surface area contributed by atoms with Crippen LogP contribution >= 0.6 is 24.4 Å². The van der Waals surface area contributed by atoms with Crippen molar-refractivity contribution in [1.29, 1.82) is 0 Å². The summed E-state index contributed by atoms with van der Waals surface area (Å²) in [6.07, 6.45) is 2.49. The molecule has 0 bridgehead atoms. The van der Waals surface area contributed by atoms with Crippen molar-refractivity contribution in [2.24, 2.45) is 11.7 Å². The molecule has 7 N–H and O–H groups in total. The monoisotopic (exact) mass is 452 g/mol. The first-order valence-corrected chi connectivity index (χ1v) is 11.2. The van der Waals surface area contributed by atoms with Gasteiger partial charge in [0.05, 0.1) is 12.6 Å². The van der Waals surface area contributed by atoms with Crippen LogP contribution in [0.4, 0.5) is 0 Å². The van der Waals surface area contributed by atoms with Crippen LogP contribution in [0.2, 0.25) is 0 Å². The van der Waals surface area contributed by atoms with E-state index in [4.69, 9.17) is 5.73 Å². The number of carbonyl (C=O) groups excluding carboxylic acids is 3. The minimum atomic E-state index is -1.30. The molecule has 0 aliphatic heterocycles. The maximum absolute atomic E-state index is 12.4. The Morgan fingerprint density at radius 1 is 1.00 bits per heavy atom. The van der Waals surface area contributed by atoms with Gasteiger partial charge in [-0.25, -0.2) is 4.79 Å². The molecule has 0 aliphatic rings. The summed E-state index contributed by atoms with van der Waals surface area (Å²) in [6, 6.07) is -4.38. The van der Waals surface area contributed by atoms with E-state index in [-0.39, 0.29) is 18.1 Å². The van der Waals surface area contributed by atoms with E-state index in [2.05, 4.69) is 28.6 Å². The van der Waals surface area contributed by atoms with Crippen molar-refractivity contribution >= 4 is 48.1 Å². The first-order valence-electron chi connectivity index (χ1n) is 9.17. The molecule has 29 heavy (non-hydrogen) atoms. The molecule has 0 aromatic carbocycles. The summed E-state index contributed by atoms with van der Waals surface area (Å²) in [5.74, 6) is -2.72. The lowest BCUT2D eigenvalue weighted by atomic mass is 10.0. The van der Waals surface area contributed by atoms with Gasteiger partial charge in [-0.15, -0.1) is 0 Å². The normalized spacial score (nSPS) is 15.1. The molecule has 0 saturated carbocycles. The second-order valence-electron chi connectivity index (χ2n) is 6.90. The second-order valence-corrected chi connectivity index (χ2v) is 8.26. The third kappa shape index (κ3) is 10.7. The minimum Gasteiger partial charge on any atom is -0.480 e. The highest BCUT2D eigenvalue weighted by molar-refractivity contribution is 7.98. The molecule has 10 nitrogen and oxygen atoms in total. The maximum atomic E-state index is 12.4. The van der Waals surface area contributed by atoms with E-state index in [0.29, 0.717) is 12.2 Å². The summed E-state index contributed by atoms with van der Waals surface area (Å²) < 4.78 is 0. The summed E-state index contributed by atoms with van der Waals surface area (Å²) in [5, 5.41) is 25.7. The summed E-state index contributed by atoms with van der Waals surface area (Å²) in [4.78, 5) is 48.1. The molecule has 4 atom stereocenters. The van der Waals surface area contributed by atoms with Crippen molar-refractivity contribution in [2.45, 2.75) is 50.9 Å². The highest BCUT2D eigenvalue weighted by atomic mass is 32.2. The van der Waals surface area contributed by atoms with E-state index >= 15 is 0 Å². The predicted octanol–water partition coefficient (Wildman–Crippen LogP) is -1.43. The Balaban J connectivity index is 4.93. The number of carbonyl (C=O) groups is 4. The highest BCUT2D eigenvalue weighted by Gasteiger charge is 2.29. The van der Waals surface area contributed by atoms with Crippen LogP contribution in [0.25, 0.3) is 0 Å². The van der Waals surface area contributed by atoms with Crippen molar-refractivity contribution in [2.75, 3.05) is 24.4 Å². The Morgan fingerprint density at radius 2 is 1.52 bits per heavy atom. The Bertz CT molecular complexity index is 564. The van der Waals surface area contributed by atoms with E-state index < -0.39 is 54.5 Å². The average molecular weight is 453 g/mol. The molecule has 12 heteroatoms. The zero-order valence-corrected chi connectivity index (χ0v) is 18.6. The highest BCUT2D eigenvalue weighted by Crippen LogP contribution is 2.06. The van der Waals surface area contributed by atoms with Crippen LogP contribution in [0.3, 0.4) is 0 Å². The molecule has 0 spiro atoms. The van der Waals surface area contributed by atoms with Crippen LogP contribution < -0.4 is 21.7 Å². The summed E-state index contributed by atoms with van der Waals surface area (Å²) in [6.45, 7) is 2.94. The van der Waals surface area contributed by atoms with E-state index in [0.717, 1.165) is 0 Å². The zero-order valence-electron chi connectivity index (χ0n) is 16.9. The number of thioether (sulfide) groups is 1. The van der Waals surface area contributed by atoms with E-state index in [1.807, 2.05) is 20.1 Å². The van der Waals surface area contributed by atoms with Crippen LogP contribution in [-0.4, -0.2) is 82.4 Å². The largest absolute Gasteiger partial charge is 0.480 e. The van der Waals surface area contributed by atoms with Gasteiger partial charge in [0.25, 0.3) is 0 Å². The molecule has 0 aromatic rings. The molecule has 168 valence electrons. The quantitative estimate of drug-likeness (QED) is 0.157. The van der Waals surface area contributed by atoms with Gasteiger partial charge >= 0.3 is 5.97 Å². The second kappa shape index (κ2) is 14.5. The van der Waals surface area contributed by atoms with Gasteiger partial charge in [0.1, 0.15) is 18.1 Å². The Hall–Kier alpha value is -1.50. The lowest BCUT2D eigenvalue weighted by Gasteiger charge is -2.24. The van der Waals surface area contributed by atoms with Gasteiger partial charge in [-0.2, -0.15) is 24.4 Å². The fraction of sp³-hybridized carbons (Fsp3) is 0.765. The van der Waals surface area contributed by atoms with Gasteiger partial charge in [-0.05, 0) is 30.8 Å². The molecule has 3 amide bonds. The van der Waals surface area contributed by atoms with Crippen LogP contribution in [-0.2, 0) is 19.2 Å². The molecule has 0 aromatic heterocycles. The minimum absolute atomic E-state index is 0.0322. The fourth-order valence-electron chi connectivity index (χ4n) is 2.28. The number of aliphatic hydroxyl groups is 1. The molecule has 0 heterocycles. The van der Waals surface area contributed by atoms with Gasteiger partial charge in [-0.1, -0.05) is 13.8 Å². The van der Waals surface area contributed by atoms with Crippen molar-refractivity contribution in [3.05, 3.63) is 0 Å². The molecule has 0 aliphatic carbocycles. The number of nitrogens with one attached hydrogen (secondary N) is 3. The molecule has 0 radical (unpaired) electrons. The standard InChI is InChI=1S/C17H32N4O6S2/c1-9(2)6-11(17(26)27)19-16(25)13(8-28)21-15(24)12(7-22)20-14(23)10(18)4-5-29-3/h9-13,22,28H,4-8,18H2,1-3H3,(H,19,25)(H,20,23)(H,21,24)(H,26,27). The van der Waals surface area contributed by atoms with Crippen molar-refractivity contribution in [3.63, 3.8) is 0 Å². The smallest absolute Gasteiger partial charge is 0.326 e. The van der Waals surface area contributed by atoms with Crippen LogP contribution in [0.5, 0.6) is 0 Å². The Labute approximate surface area is 180 Å². The molecular formula is C17H32N4O6S2. The van der Waals surface area contributed by atoms with Gasteiger partial charge in [0.2, 0.25) is 17.7 Å². The topological polar surface area (TPSA) is 171 Å². The number of thiol groups is 1. The molecule has 0 fully saturated rings. The molecular weight excluding hydrogens is 420 g/mol. The summed E-state index contributed by atoms with van der Waals surface area (Å²) >= 11 is 5.54. The number of carboxylic acids is 1. The SMILES string of the molecule is CSCCC(N)C(=O)NC(CO)C(=O)NC(CS)C(=O)NC(CC(C)C)C(=O)O. The van der Waals surface area contributed by atoms with E-state index in [1.54, 1.807) is 0 Å². The first-order chi connectivity index (χ1) is 13.6. The maximum Gasteiger partial charge on any atom is 0.326 e. The van der Waals surface area contributed by atoms with Crippen molar-refractivity contribution in [3.8, 4) is 0 Å². The van der Waals surface area contributed by atoms with E-state index in [9.17, 15) is 29.4 Å². The third-order valence-corrected chi connectivity index (χ3v) is 4.93. The molecule has 0 rings (SSSR count). The lowest BCUT2D eigenvalue weighted by molar-refractivity contribution is -0.142. The Morgan fingerprint density at radius 3 is 1.97 bits per heavy atom. The number of aliphatic carboxylic acids is 1. The lowest BCUT2D eigenvalue weighted by Crippen LogP contribution is -2.58. The number of hydrogen-bond donors (Lipinski definition) is 7. The number of rotatable bonds is 14. The summed E-state index contributed by atoms with van der Waals surface area (Å²) in [7, 11) is 0. The zero-order chi connectivity index (χ0) is 22.6. The number of hydrogen-bond acceptors (Lipinski definition) is 8. The van der Waals surface area contributed by atoms with Crippen LogP contribution in [0.15, 0.2) is 0 Å². The number of carboxylic acid groups (broad SMARTS) is 1. The van der Waals surface area contributed by atoms with Crippen LogP contribution in [0.1, 0.15) is 26.7 Å². The third-order valence-electron chi connectivity index (χ3n) is 3.92. The Kier molecular flexibility index (Phi) is 13.7. The predicted molar refractivity (Wildman–Crippen MR) is 115 cm³/mol. The molecule has 4 unspecified atom stereocenters. The number of aliphatic hydroxyl groups excluding tert-OH is 1. The van der Waals surface area contributed by atoms with Crippen molar-refractivity contribution < 1.29 is 29.4 Å². The fourth-order valence-corrected chi connectivity index (χ4v) is 3.03. The van der Waals surface area contributed by atoms with Crippen LogP contribution in [0, 0.1) is 5.92 Å². The van der Waals surface area contributed by atoms with E-state index in [1.165, 1.54) is 11.8 Å². The number of nitrogens with two attached hydrogens (primary N) is 1. The van der Waals surface area contributed by atoms with Gasteiger partial charge in [0, 0.05) is 5.75 Å².